The molecule has 0 spiro atoms. The van der Waals surface area contributed by atoms with Gasteiger partial charge in [-0.15, -0.1) is 0 Å². The molecule has 1 N–H and O–H groups in total. The van der Waals surface area contributed by atoms with Crippen molar-refractivity contribution in [1.82, 2.24) is 14.9 Å². The van der Waals surface area contributed by atoms with Crippen molar-refractivity contribution in [2.45, 2.75) is 19.3 Å². The van der Waals surface area contributed by atoms with E-state index >= 15 is 0 Å². The van der Waals surface area contributed by atoms with Gasteiger partial charge in [-0.1, -0.05) is 36.4 Å². The minimum absolute atomic E-state index is 0.0120. The Hall–Kier alpha value is -4.13. The van der Waals surface area contributed by atoms with Gasteiger partial charge in [-0.2, -0.15) is 0 Å². The fourth-order valence-electron chi connectivity index (χ4n) is 4.59. The minimum Gasteiger partial charge on any atom is -0.492 e. The number of pyridine rings is 1. The summed E-state index contributed by atoms with van der Waals surface area (Å²) in [6.45, 7) is 1.35. The number of hydrogen-bond acceptors (Lipinski definition) is 4. The number of nitrogens with one attached hydrogen (secondary N) is 1. The maximum absolute atomic E-state index is 13.4. The first-order valence-corrected chi connectivity index (χ1v) is 11.9. The first-order valence-electron chi connectivity index (χ1n) is 11.9. The summed E-state index contributed by atoms with van der Waals surface area (Å²) < 4.78 is 7.68. The van der Waals surface area contributed by atoms with Crippen molar-refractivity contribution >= 4 is 28.4 Å². The third-order valence-corrected chi connectivity index (χ3v) is 6.32. The van der Waals surface area contributed by atoms with Crippen LogP contribution in [-0.2, 0) is 24.7 Å². The van der Waals surface area contributed by atoms with Crippen LogP contribution in [0.4, 0.5) is 5.69 Å². The predicted octanol–water partition coefficient (Wildman–Crippen LogP) is 3.90. The number of ether oxygens (including phenoxy) is 1. The van der Waals surface area contributed by atoms with Crippen LogP contribution in [0.1, 0.15) is 28.0 Å². The van der Waals surface area contributed by atoms with Crippen LogP contribution in [0.15, 0.2) is 73.1 Å². The van der Waals surface area contributed by atoms with Crippen molar-refractivity contribution in [2.75, 3.05) is 24.6 Å². The number of aromatic nitrogens is 2. The van der Waals surface area contributed by atoms with Crippen molar-refractivity contribution in [1.29, 1.82) is 0 Å². The number of rotatable bonds is 7. The quantitative estimate of drug-likeness (QED) is 0.418. The standard InChI is InChI=1S/C28H28N4O3/c1-31-19-21(23-10-5-6-12-25(23)31)17-27(33)32-14-7-11-24-26(32)16-20(18-30-24)28(34)29-13-15-35-22-8-3-2-4-9-22/h2-6,8-10,12,16,18-19H,7,11,13-15,17H2,1H3,(H,29,34). The van der Waals surface area contributed by atoms with E-state index in [0.29, 0.717) is 31.7 Å². The van der Waals surface area contributed by atoms with Crippen LogP contribution in [-0.4, -0.2) is 41.1 Å². The predicted molar refractivity (Wildman–Crippen MR) is 136 cm³/mol. The minimum atomic E-state index is -0.232. The summed E-state index contributed by atoms with van der Waals surface area (Å²) in [5, 5.41) is 3.96. The van der Waals surface area contributed by atoms with Crippen LogP contribution in [0.3, 0.4) is 0 Å². The van der Waals surface area contributed by atoms with Gasteiger partial charge < -0.3 is 19.5 Å². The molecule has 0 radical (unpaired) electrons. The van der Waals surface area contributed by atoms with Crippen molar-refractivity contribution < 1.29 is 14.3 Å². The summed E-state index contributed by atoms with van der Waals surface area (Å²) in [6.07, 6.45) is 5.55. The summed E-state index contributed by atoms with van der Waals surface area (Å²) in [6, 6.07) is 19.4. The Morgan fingerprint density at radius 3 is 2.74 bits per heavy atom. The lowest BCUT2D eigenvalue weighted by molar-refractivity contribution is -0.118. The molecule has 7 nitrogen and oxygen atoms in total. The van der Waals surface area contributed by atoms with Gasteiger partial charge in [0.15, 0.2) is 0 Å². The van der Waals surface area contributed by atoms with E-state index in [1.165, 1.54) is 0 Å². The van der Waals surface area contributed by atoms with Crippen molar-refractivity contribution in [3.8, 4) is 5.75 Å². The summed E-state index contributed by atoms with van der Waals surface area (Å²) in [7, 11) is 1.99. The number of benzene rings is 2. The SMILES string of the molecule is Cn1cc(CC(=O)N2CCCc3ncc(C(=O)NCCOc4ccccc4)cc32)c2ccccc21. The van der Waals surface area contributed by atoms with Crippen LogP contribution in [0.5, 0.6) is 5.75 Å². The molecule has 2 aromatic heterocycles. The molecule has 1 aliphatic rings. The van der Waals surface area contributed by atoms with Crippen LogP contribution >= 0.6 is 0 Å². The highest BCUT2D eigenvalue weighted by molar-refractivity contribution is 6.00. The molecule has 0 atom stereocenters. The highest BCUT2D eigenvalue weighted by atomic mass is 16.5. The number of amides is 2. The molecule has 0 saturated carbocycles. The van der Waals surface area contributed by atoms with E-state index in [-0.39, 0.29) is 11.8 Å². The molecule has 2 amide bonds. The van der Waals surface area contributed by atoms with Gasteiger partial charge in [-0.05, 0) is 42.7 Å². The molecule has 4 aromatic rings. The van der Waals surface area contributed by atoms with Gasteiger partial charge in [0.05, 0.1) is 29.9 Å². The van der Waals surface area contributed by atoms with Gasteiger partial charge >= 0.3 is 0 Å². The maximum Gasteiger partial charge on any atom is 0.253 e. The van der Waals surface area contributed by atoms with Crippen LogP contribution in [0.25, 0.3) is 10.9 Å². The molecule has 3 heterocycles. The summed E-state index contributed by atoms with van der Waals surface area (Å²) in [4.78, 5) is 32.4. The molecule has 1 aliphatic heterocycles. The molecular formula is C28H28N4O3. The molecule has 5 rings (SSSR count). The first kappa shape index (κ1) is 22.7. The molecule has 0 saturated heterocycles. The number of carbonyl (C=O) groups is 2. The maximum atomic E-state index is 13.4. The summed E-state index contributed by atoms with van der Waals surface area (Å²) in [5.74, 6) is 0.541. The van der Waals surface area contributed by atoms with E-state index in [2.05, 4.69) is 16.4 Å². The second-order valence-corrected chi connectivity index (χ2v) is 8.72. The second-order valence-electron chi connectivity index (χ2n) is 8.72. The molecule has 0 aliphatic carbocycles. The molecule has 35 heavy (non-hydrogen) atoms. The summed E-state index contributed by atoms with van der Waals surface area (Å²) in [5.41, 5.74) is 4.13. The molecule has 0 fully saturated rings. The zero-order valence-electron chi connectivity index (χ0n) is 19.7. The number of fused-ring (bicyclic) bond motifs is 2. The Balaban J connectivity index is 1.27. The molecular weight excluding hydrogens is 440 g/mol. The van der Waals surface area contributed by atoms with Gasteiger partial charge in [0.25, 0.3) is 5.91 Å². The zero-order chi connectivity index (χ0) is 24.2. The zero-order valence-corrected chi connectivity index (χ0v) is 19.7. The number of anilines is 1. The van der Waals surface area contributed by atoms with Gasteiger partial charge in [0.2, 0.25) is 5.91 Å². The largest absolute Gasteiger partial charge is 0.492 e. The first-order chi connectivity index (χ1) is 17.1. The lowest BCUT2D eigenvalue weighted by atomic mass is 10.0. The van der Waals surface area contributed by atoms with Gasteiger partial charge in [0.1, 0.15) is 12.4 Å². The normalized spacial score (nSPS) is 12.9. The molecule has 0 bridgehead atoms. The van der Waals surface area contributed by atoms with Crippen LogP contribution in [0.2, 0.25) is 0 Å². The fraction of sp³-hybridized carbons (Fsp3) is 0.250. The average Bonchev–Trinajstić information content (AvgIpc) is 3.21. The van der Waals surface area contributed by atoms with Gasteiger partial charge in [0, 0.05) is 36.9 Å². The van der Waals surface area contributed by atoms with E-state index in [0.717, 1.165) is 46.4 Å². The Bertz CT molecular complexity index is 1360. The molecule has 0 unspecified atom stereocenters. The third kappa shape index (κ3) is 4.89. The monoisotopic (exact) mass is 468 g/mol. The topological polar surface area (TPSA) is 76.5 Å². The molecule has 7 heteroatoms. The van der Waals surface area contributed by atoms with E-state index in [9.17, 15) is 9.59 Å². The van der Waals surface area contributed by atoms with Crippen molar-refractivity contribution in [3.05, 3.63) is 89.9 Å². The lowest BCUT2D eigenvalue weighted by Crippen LogP contribution is -2.37. The Labute approximate surface area is 204 Å². The number of aryl methyl sites for hydroxylation is 2. The smallest absolute Gasteiger partial charge is 0.253 e. The molecule has 178 valence electrons. The van der Waals surface area contributed by atoms with Crippen molar-refractivity contribution in [3.63, 3.8) is 0 Å². The van der Waals surface area contributed by atoms with Gasteiger partial charge in [-0.3, -0.25) is 14.6 Å². The van der Waals surface area contributed by atoms with Crippen molar-refractivity contribution in [2.24, 2.45) is 7.05 Å². The Morgan fingerprint density at radius 2 is 1.89 bits per heavy atom. The van der Waals surface area contributed by atoms with Crippen LogP contribution < -0.4 is 15.0 Å². The number of hydrogen-bond donors (Lipinski definition) is 1. The Morgan fingerprint density at radius 1 is 1.09 bits per heavy atom. The van der Waals surface area contributed by atoms with E-state index in [1.807, 2.05) is 66.3 Å². The number of para-hydroxylation sites is 2. The Kier molecular flexibility index (Phi) is 6.48. The van der Waals surface area contributed by atoms with E-state index in [4.69, 9.17) is 4.74 Å². The van der Waals surface area contributed by atoms with Crippen LogP contribution in [0, 0.1) is 0 Å². The molecule has 2 aromatic carbocycles. The highest BCUT2D eigenvalue weighted by Crippen LogP contribution is 2.28. The lowest BCUT2D eigenvalue weighted by Gasteiger charge is -2.29. The van der Waals surface area contributed by atoms with E-state index < -0.39 is 0 Å². The number of nitrogens with zero attached hydrogens (tertiary/aromatic N) is 3. The highest BCUT2D eigenvalue weighted by Gasteiger charge is 2.25. The van der Waals surface area contributed by atoms with E-state index in [1.54, 1.807) is 17.2 Å². The average molecular weight is 469 g/mol. The number of carbonyl (C=O) groups excluding carboxylic acids is 2. The summed E-state index contributed by atoms with van der Waals surface area (Å²) >= 11 is 0. The third-order valence-electron chi connectivity index (χ3n) is 6.32. The van der Waals surface area contributed by atoms with Gasteiger partial charge in [-0.25, -0.2) is 0 Å². The second kappa shape index (κ2) is 10.0. The fourth-order valence-corrected chi connectivity index (χ4v) is 4.59.